The lowest BCUT2D eigenvalue weighted by Crippen LogP contribution is -2.68. The van der Waals surface area contributed by atoms with Gasteiger partial charge in [-0.1, -0.05) is 0 Å². The van der Waals surface area contributed by atoms with Crippen LogP contribution in [0.1, 0.15) is 13.3 Å². The van der Waals surface area contributed by atoms with Gasteiger partial charge in [-0.15, -0.1) is 0 Å². The molecule has 176 valence electrons. The number of halogens is 1. The number of nitrogens with one attached hydrogen (secondary N) is 4. The molecule has 0 aliphatic carbocycles. The van der Waals surface area contributed by atoms with Gasteiger partial charge in [-0.2, -0.15) is 0 Å². The molecule has 6 unspecified atom stereocenters. The quantitative estimate of drug-likeness (QED) is 0.317. The SMILES string of the molecule is CC1(N2CCN(C3CCNCC3NC(=O)C3C(N)NN4CC(F)CNC34)CC2)COC1. The number of hydrogen-bond acceptors (Lipinski definition) is 9. The number of rotatable bonds is 4. The Bertz CT molecular complexity index is 659. The van der Waals surface area contributed by atoms with Gasteiger partial charge in [-0.05, 0) is 19.9 Å². The first-order valence-corrected chi connectivity index (χ1v) is 11.7. The monoisotopic (exact) mass is 440 g/mol. The van der Waals surface area contributed by atoms with Crippen molar-refractivity contribution in [3.05, 3.63) is 0 Å². The van der Waals surface area contributed by atoms with E-state index >= 15 is 0 Å². The minimum absolute atomic E-state index is 0.0363. The lowest BCUT2D eigenvalue weighted by Gasteiger charge is -2.52. The Balaban J connectivity index is 1.20. The first kappa shape index (κ1) is 21.9. The van der Waals surface area contributed by atoms with E-state index in [9.17, 15) is 9.18 Å². The highest BCUT2D eigenvalue weighted by Gasteiger charge is 2.48. The third kappa shape index (κ3) is 4.22. The number of carbonyl (C=O) groups excluding carboxylic acids is 1. The third-order valence-corrected chi connectivity index (χ3v) is 7.77. The molecule has 0 spiro atoms. The number of piperazine rings is 1. The van der Waals surface area contributed by atoms with Gasteiger partial charge in [0.15, 0.2) is 0 Å². The maximum Gasteiger partial charge on any atom is 0.229 e. The Labute approximate surface area is 183 Å². The van der Waals surface area contributed by atoms with Crippen LogP contribution in [0.2, 0.25) is 0 Å². The molecule has 0 saturated carbocycles. The average molecular weight is 441 g/mol. The number of ether oxygens (including phenoxy) is 1. The van der Waals surface area contributed by atoms with Crippen molar-refractivity contribution in [1.82, 2.24) is 36.2 Å². The second-order valence-electron chi connectivity index (χ2n) is 9.97. The lowest BCUT2D eigenvalue weighted by atomic mass is 9.94. The fourth-order valence-corrected chi connectivity index (χ4v) is 5.86. The summed E-state index contributed by atoms with van der Waals surface area (Å²) < 4.78 is 19.2. The van der Waals surface area contributed by atoms with Crippen LogP contribution in [0.15, 0.2) is 0 Å². The van der Waals surface area contributed by atoms with Crippen molar-refractivity contribution < 1.29 is 13.9 Å². The summed E-state index contributed by atoms with van der Waals surface area (Å²) >= 11 is 0. The fraction of sp³-hybridized carbons (Fsp3) is 0.950. The number of hydrazine groups is 1. The summed E-state index contributed by atoms with van der Waals surface area (Å²) in [6.07, 6.45) is -0.743. The Hall–Kier alpha value is -0.920. The summed E-state index contributed by atoms with van der Waals surface area (Å²) in [5.74, 6) is -0.515. The Morgan fingerprint density at radius 3 is 2.71 bits per heavy atom. The molecule has 5 heterocycles. The van der Waals surface area contributed by atoms with Gasteiger partial charge < -0.3 is 21.1 Å². The van der Waals surface area contributed by atoms with Crippen LogP contribution in [-0.2, 0) is 9.53 Å². The van der Waals surface area contributed by atoms with Gasteiger partial charge >= 0.3 is 0 Å². The summed E-state index contributed by atoms with van der Waals surface area (Å²) in [4.78, 5) is 18.3. The van der Waals surface area contributed by atoms with E-state index in [1.165, 1.54) is 0 Å². The molecule has 11 heteroatoms. The van der Waals surface area contributed by atoms with Gasteiger partial charge in [0.05, 0.1) is 43.0 Å². The van der Waals surface area contributed by atoms with E-state index in [1.54, 1.807) is 5.01 Å². The zero-order valence-electron chi connectivity index (χ0n) is 18.4. The number of carbonyl (C=O) groups is 1. The summed E-state index contributed by atoms with van der Waals surface area (Å²) in [7, 11) is 0. The largest absolute Gasteiger partial charge is 0.377 e. The zero-order valence-corrected chi connectivity index (χ0v) is 18.4. The van der Waals surface area contributed by atoms with Gasteiger partial charge in [0.25, 0.3) is 0 Å². The molecule has 0 bridgehead atoms. The second kappa shape index (κ2) is 8.79. The van der Waals surface area contributed by atoms with Crippen LogP contribution in [0.3, 0.4) is 0 Å². The number of nitrogens with two attached hydrogens (primary N) is 1. The van der Waals surface area contributed by atoms with Crippen molar-refractivity contribution in [3.8, 4) is 0 Å². The molecule has 1 amide bonds. The number of piperidine rings is 1. The predicted molar refractivity (Wildman–Crippen MR) is 114 cm³/mol. The van der Waals surface area contributed by atoms with E-state index < -0.39 is 18.3 Å². The molecular formula is C20H37FN8O2. The van der Waals surface area contributed by atoms with Crippen LogP contribution in [0.4, 0.5) is 4.39 Å². The highest BCUT2D eigenvalue weighted by atomic mass is 19.1. The van der Waals surface area contributed by atoms with Gasteiger partial charge in [0.1, 0.15) is 6.17 Å². The molecule has 5 aliphatic heterocycles. The molecule has 6 N–H and O–H groups in total. The predicted octanol–water partition coefficient (Wildman–Crippen LogP) is -2.77. The van der Waals surface area contributed by atoms with Crippen LogP contribution in [0, 0.1) is 5.92 Å². The smallest absolute Gasteiger partial charge is 0.229 e. The maximum absolute atomic E-state index is 13.7. The Morgan fingerprint density at radius 1 is 1.23 bits per heavy atom. The first-order valence-electron chi connectivity index (χ1n) is 11.7. The molecule has 5 fully saturated rings. The van der Waals surface area contributed by atoms with E-state index in [4.69, 9.17) is 10.5 Å². The summed E-state index contributed by atoms with van der Waals surface area (Å²) in [6.45, 7) is 10.2. The lowest BCUT2D eigenvalue weighted by molar-refractivity contribution is -0.143. The normalized spacial score (nSPS) is 42.0. The second-order valence-corrected chi connectivity index (χ2v) is 9.97. The van der Waals surface area contributed by atoms with Gasteiger partial charge in [0, 0.05) is 51.9 Å². The summed E-state index contributed by atoms with van der Waals surface area (Å²) in [5, 5.41) is 11.6. The number of fused-ring (bicyclic) bond motifs is 1. The van der Waals surface area contributed by atoms with E-state index in [0.29, 0.717) is 6.04 Å². The molecular weight excluding hydrogens is 403 g/mol. The number of hydrogen-bond donors (Lipinski definition) is 5. The zero-order chi connectivity index (χ0) is 21.6. The van der Waals surface area contributed by atoms with Crippen molar-refractivity contribution in [2.75, 3.05) is 65.6 Å². The molecule has 0 aromatic rings. The maximum atomic E-state index is 13.7. The Kier molecular flexibility index (Phi) is 6.21. The van der Waals surface area contributed by atoms with Crippen LogP contribution in [0.25, 0.3) is 0 Å². The van der Waals surface area contributed by atoms with Crippen molar-refractivity contribution in [3.63, 3.8) is 0 Å². The fourth-order valence-electron chi connectivity index (χ4n) is 5.86. The van der Waals surface area contributed by atoms with Gasteiger partial charge in [-0.3, -0.25) is 19.9 Å². The van der Waals surface area contributed by atoms with Crippen LogP contribution < -0.4 is 27.1 Å². The minimum atomic E-state index is -0.961. The van der Waals surface area contributed by atoms with E-state index in [-0.39, 0.29) is 36.7 Å². The van der Waals surface area contributed by atoms with Crippen molar-refractivity contribution in [2.45, 2.75) is 49.5 Å². The van der Waals surface area contributed by atoms with Crippen LogP contribution in [-0.4, -0.2) is 122 Å². The van der Waals surface area contributed by atoms with Gasteiger partial charge in [0.2, 0.25) is 5.91 Å². The third-order valence-electron chi connectivity index (χ3n) is 7.77. The van der Waals surface area contributed by atoms with Crippen molar-refractivity contribution >= 4 is 5.91 Å². The number of alkyl halides is 1. The van der Waals surface area contributed by atoms with E-state index in [0.717, 1.165) is 58.9 Å². The van der Waals surface area contributed by atoms with Crippen LogP contribution in [0.5, 0.6) is 0 Å². The molecule has 31 heavy (non-hydrogen) atoms. The molecule has 6 atom stereocenters. The topological polar surface area (TPSA) is 110 Å². The minimum Gasteiger partial charge on any atom is -0.377 e. The summed E-state index contributed by atoms with van der Waals surface area (Å²) in [5.41, 5.74) is 9.48. The highest BCUT2D eigenvalue weighted by molar-refractivity contribution is 5.81. The standard InChI is InChI=1S/C20H37FN8O2/c1-20(11-31-12-20)28-6-4-27(5-7-28)15-2-3-23-9-14(15)25-19(30)16-17(22)26-29-10-13(21)8-24-18(16)29/h13-18,23-24,26H,2-12,22H2,1H3,(H,25,30). The molecule has 0 aromatic carbocycles. The number of nitrogens with zero attached hydrogens (tertiary/aromatic N) is 3. The molecule has 5 rings (SSSR count). The molecule has 10 nitrogen and oxygen atoms in total. The van der Waals surface area contributed by atoms with E-state index in [2.05, 4.69) is 38.1 Å². The highest BCUT2D eigenvalue weighted by Crippen LogP contribution is 2.27. The molecule has 5 saturated heterocycles. The van der Waals surface area contributed by atoms with Crippen molar-refractivity contribution in [2.24, 2.45) is 11.7 Å². The average Bonchev–Trinajstić information content (AvgIpc) is 3.07. The van der Waals surface area contributed by atoms with Gasteiger partial charge in [-0.25, -0.2) is 14.8 Å². The molecule has 0 aromatic heterocycles. The molecule has 0 radical (unpaired) electrons. The number of amides is 1. The molecule has 5 aliphatic rings. The van der Waals surface area contributed by atoms with E-state index in [1.807, 2.05) is 0 Å². The Morgan fingerprint density at radius 2 is 2.00 bits per heavy atom. The van der Waals surface area contributed by atoms with Crippen LogP contribution >= 0.6 is 0 Å². The summed E-state index contributed by atoms with van der Waals surface area (Å²) in [6, 6.07) is 0.350. The van der Waals surface area contributed by atoms with Crippen molar-refractivity contribution in [1.29, 1.82) is 0 Å². The first-order chi connectivity index (χ1) is 14.9.